The van der Waals surface area contributed by atoms with Crippen LogP contribution in [0, 0.1) is 0 Å². The number of carbonyl (C=O) groups excluding carboxylic acids is 1. The Kier molecular flexibility index (Phi) is 7.06. The van der Waals surface area contributed by atoms with Crippen molar-refractivity contribution in [3.8, 4) is 0 Å². The summed E-state index contributed by atoms with van der Waals surface area (Å²) in [5.41, 5.74) is 2.31. The summed E-state index contributed by atoms with van der Waals surface area (Å²) >= 11 is 6.14. The predicted molar refractivity (Wildman–Crippen MR) is 114 cm³/mol. The molecule has 0 radical (unpaired) electrons. The maximum atomic E-state index is 11.7. The van der Waals surface area contributed by atoms with Crippen molar-refractivity contribution in [3.63, 3.8) is 0 Å². The summed E-state index contributed by atoms with van der Waals surface area (Å²) in [6, 6.07) is 15.0. The van der Waals surface area contributed by atoms with Gasteiger partial charge in [0.05, 0.1) is 18.4 Å². The second-order valence-electron chi connectivity index (χ2n) is 6.81. The fraction of sp³-hybridized carbons (Fsp3) is 0.364. The zero-order chi connectivity index (χ0) is 19.9. The average Bonchev–Trinajstić information content (AvgIpc) is 2.73. The average molecular weight is 400 g/mol. The van der Waals surface area contributed by atoms with Crippen molar-refractivity contribution in [2.24, 2.45) is 4.99 Å². The molecule has 1 aliphatic rings. The molecule has 2 aromatic rings. The normalized spacial score (nSPS) is 15.5. The first-order valence-corrected chi connectivity index (χ1v) is 9.99. The zero-order valence-corrected chi connectivity index (χ0v) is 17.2. The van der Waals surface area contributed by atoms with Crippen LogP contribution >= 0.6 is 11.6 Å². The van der Waals surface area contributed by atoms with E-state index in [0.717, 1.165) is 49.8 Å². The van der Waals surface area contributed by atoms with E-state index in [0.29, 0.717) is 10.6 Å². The quantitative estimate of drug-likeness (QED) is 0.428. The van der Waals surface area contributed by atoms with Gasteiger partial charge in [-0.15, -0.1) is 0 Å². The number of benzene rings is 2. The van der Waals surface area contributed by atoms with Crippen LogP contribution in [0.15, 0.2) is 53.5 Å². The van der Waals surface area contributed by atoms with Gasteiger partial charge in [0.2, 0.25) is 0 Å². The predicted octanol–water partition coefficient (Wildman–Crippen LogP) is 4.23. The van der Waals surface area contributed by atoms with Crippen LogP contribution in [0.25, 0.3) is 0 Å². The molecular weight excluding hydrogens is 374 g/mol. The van der Waals surface area contributed by atoms with Crippen molar-refractivity contribution in [3.05, 3.63) is 64.7 Å². The molecule has 0 unspecified atom stereocenters. The Labute approximate surface area is 171 Å². The molecule has 0 spiro atoms. The third-order valence-electron chi connectivity index (χ3n) is 4.82. The lowest BCUT2D eigenvalue weighted by atomic mass is 10.1. The summed E-state index contributed by atoms with van der Waals surface area (Å²) in [5.74, 6) is 0.558. The number of rotatable bonds is 5. The van der Waals surface area contributed by atoms with Gasteiger partial charge in [-0.05, 0) is 43.3 Å². The van der Waals surface area contributed by atoms with E-state index in [9.17, 15) is 4.79 Å². The Bertz CT molecular complexity index is 828. The highest BCUT2D eigenvalue weighted by Crippen LogP contribution is 2.21. The van der Waals surface area contributed by atoms with E-state index in [-0.39, 0.29) is 5.97 Å². The smallest absolute Gasteiger partial charge is 0.337 e. The molecule has 0 amide bonds. The monoisotopic (exact) mass is 399 g/mol. The number of ether oxygens (including phenoxy) is 1. The van der Waals surface area contributed by atoms with Crippen LogP contribution in [-0.2, 0) is 4.74 Å². The second kappa shape index (κ2) is 9.71. The minimum atomic E-state index is -0.340. The Morgan fingerprint density at radius 2 is 1.75 bits per heavy atom. The van der Waals surface area contributed by atoms with Gasteiger partial charge in [-0.3, -0.25) is 4.90 Å². The minimum absolute atomic E-state index is 0.340. The SMILES string of the molecule is CCCN1CCN(C(=Nc2cccc(Cl)c2)c2ccc(C(=O)OC)cc2)CC1. The molecule has 3 rings (SSSR count). The molecule has 1 fully saturated rings. The molecule has 28 heavy (non-hydrogen) atoms. The Balaban J connectivity index is 1.90. The van der Waals surface area contributed by atoms with Crippen molar-refractivity contribution in [1.29, 1.82) is 0 Å². The number of methoxy groups -OCH3 is 1. The van der Waals surface area contributed by atoms with Crippen LogP contribution < -0.4 is 0 Å². The van der Waals surface area contributed by atoms with Crippen LogP contribution in [-0.4, -0.2) is 61.4 Å². The molecule has 1 aliphatic heterocycles. The number of hydrogen-bond donors (Lipinski definition) is 0. The van der Waals surface area contributed by atoms with E-state index in [4.69, 9.17) is 21.3 Å². The summed E-state index contributed by atoms with van der Waals surface area (Å²) in [7, 11) is 1.39. The molecule has 5 nitrogen and oxygen atoms in total. The molecule has 1 saturated heterocycles. The Hall–Kier alpha value is -2.37. The van der Waals surface area contributed by atoms with E-state index >= 15 is 0 Å². The number of aliphatic imine (C=N–C) groups is 1. The number of nitrogens with zero attached hydrogens (tertiary/aromatic N) is 3. The van der Waals surface area contributed by atoms with Gasteiger partial charge >= 0.3 is 5.97 Å². The number of hydrogen-bond acceptors (Lipinski definition) is 4. The van der Waals surface area contributed by atoms with E-state index < -0.39 is 0 Å². The third-order valence-corrected chi connectivity index (χ3v) is 5.05. The van der Waals surface area contributed by atoms with Crippen LogP contribution in [0.2, 0.25) is 5.02 Å². The van der Waals surface area contributed by atoms with Crippen molar-refractivity contribution in [2.75, 3.05) is 39.8 Å². The van der Waals surface area contributed by atoms with Crippen LogP contribution in [0.1, 0.15) is 29.3 Å². The second-order valence-corrected chi connectivity index (χ2v) is 7.25. The highest BCUT2D eigenvalue weighted by Gasteiger charge is 2.21. The number of piperazine rings is 1. The molecular formula is C22H26ClN3O2. The number of amidine groups is 1. The maximum Gasteiger partial charge on any atom is 0.337 e. The molecule has 0 N–H and O–H groups in total. The van der Waals surface area contributed by atoms with Gasteiger partial charge in [0.25, 0.3) is 0 Å². The van der Waals surface area contributed by atoms with Crippen molar-refractivity contribution < 1.29 is 9.53 Å². The molecule has 2 aromatic carbocycles. The van der Waals surface area contributed by atoms with Gasteiger partial charge in [0.1, 0.15) is 5.84 Å². The molecule has 0 aliphatic carbocycles. The maximum absolute atomic E-state index is 11.7. The number of esters is 1. The molecule has 0 aromatic heterocycles. The molecule has 6 heteroatoms. The summed E-state index contributed by atoms with van der Waals surface area (Å²) < 4.78 is 4.80. The first-order chi connectivity index (χ1) is 13.6. The van der Waals surface area contributed by atoms with Gasteiger partial charge in [-0.1, -0.05) is 36.7 Å². The highest BCUT2D eigenvalue weighted by molar-refractivity contribution is 6.30. The van der Waals surface area contributed by atoms with Gasteiger partial charge in [-0.25, -0.2) is 9.79 Å². The van der Waals surface area contributed by atoms with E-state index in [1.54, 1.807) is 12.1 Å². The van der Waals surface area contributed by atoms with Gasteiger partial charge in [-0.2, -0.15) is 0 Å². The Morgan fingerprint density at radius 3 is 2.36 bits per heavy atom. The standard InChI is InChI=1S/C22H26ClN3O2/c1-3-11-25-12-14-26(15-13-25)21(24-20-6-4-5-19(23)16-20)17-7-9-18(10-8-17)22(27)28-2/h4-10,16H,3,11-15H2,1-2H3. The third kappa shape index (κ3) is 5.12. The Morgan fingerprint density at radius 1 is 1.07 bits per heavy atom. The van der Waals surface area contributed by atoms with Gasteiger partial charge in [0, 0.05) is 36.8 Å². The molecule has 0 bridgehead atoms. The molecule has 148 valence electrons. The molecule has 0 saturated carbocycles. The lowest BCUT2D eigenvalue weighted by Crippen LogP contribution is -2.49. The fourth-order valence-electron chi connectivity index (χ4n) is 3.36. The first kappa shape index (κ1) is 20.4. The van der Waals surface area contributed by atoms with Crippen LogP contribution in [0.3, 0.4) is 0 Å². The molecule has 1 heterocycles. The van der Waals surface area contributed by atoms with E-state index in [1.807, 2.05) is 36.4 Å². The highest BCUT2D eigenvalue weighted by atomic mass is 35.5. The fourth-order valence-corrected chi connectivity index (χ4v) is 3.54. The summed E-state index contributed by atoms with van der Waals surface area (Å²) in [5, 5.41) is 0.661. The van der Waals surface area contributed by atoms with Gasteiger partial charge in [0.15, 0.2) is 0 Å². The van der Waals surface area contributed by atoms with Crippen LogP contribution in [0.4, 0.5) is 5.69 Å². The van der Waals surface area contributed by atoms with Crippen molar-refractivity contribution in [1.82, 2.24) is 9.80 Å². The zero-order valence-electron chi connectivity index (χ0n) is 16.4. The summed E-state index contributed by atoms with van der Waals surface area (Å²) in [6.45, 7) is 7.20. The molecule has 0 atom stereocenters. The van der Waals surface area contributed by atoms with E-state index in [2.05, 4.69) is 16.7 Å². The number of carbonyl (C=O) groups is 1. The van der Waals surface area contributed by atoms with Crippen molar-refractivity contribution in [2.45, 2.75) is 13.3 Å². The summed E-state index contributed by atoms with van der Waals surface area (Å²) in [4.78, 5) is 21.4. The first-order valence-electron chi connectivity index (χ1n) is 9.61. The van der Waals surface area contributed by atoms with Gasteiger partial charge < -0.3 is 9.64 Å². The van der Waals surface area contributed by atoms with Crippen molar-refractivity contribution >= 4 is 29.1 Å². The summed E-state index contributed by atoms with van der Waals surface area (Å²) in [6.07, 6.45) is 1.17. The lowest BCUT2D eigenvalue weighted by molar-refractivity contribution is 0.0600. The topological polar surface area (TPSA) is 45.1 Å². The van der Waals surface area contributed by atoms with E-state index in [1.165, 1.54) is 13.5 Å². The lowest BCUT2D eigenvalue weighted by Gasteiger charge is -2.36. The number of halogens is 1. The van der Waals surface area contributed by atoms with Crippen LogP contribution in [0.5, 0.6) is 0 Å². The minimum Gasteiger partial charge on any atom is -0.465 e. The largest absolute Gasteiger partial charge is 0.465 e.